The van der Waals surface area contributed by atoms with Crippen LogP contribution in [-0.2, 0) is 4.74 Å². The van der Waals surface area contributed by atoms with Gasteiger partial charge in [0.25, 0.3) is 0 Å². The van der Waals surface area contributed by atoms with Gasteiger partial charge in [-0.2, -0.15) is 0 Å². The van der Waals surface area contributed by atoms with E-state index in [-0.39, 0.29) is 5.97 Å². The summed E-state index contributed by atoms with van der Waals surface area (Å²) in [6.07, 6.45) is 1.74. The summed E-state index contributed by atoms with van der Waals surface area (Å²) in [5.74, 6) is 0.00820. The fourth-order valence-electron chi connectivity index (χ4n) is 1.81. The van der Waals surface area contributed by atoms with Crippen molar-refractivity contribution >= 4 is 11.6 Å². The summed E-state index contributed by atoms with van der Waals surface area (Å²) in [7, 11) is 0. The quantitative estimate of drug-likeness (QED) is 0.764. The molecular formula is C13H16N2O2. The molecule has 0 saturated carbocycles. The van der Waals surface area contributed by atoms with Gasteiger partial charge >= 0.3 is 5.97 Å². The Morgan fingerprint density at radius 3 is 2.88 bits per heavy atom. The van der Waals surface area contributed by atoms with E-state index in [0.29, 0.717) is 18.2 Å². The normalized spacial score (nSPS) is 11.1. The van der Waals surface area contributed by atoms with Gasteiger partial charge in [-0.25, -0.2) is 9.78 Å². The van der Waals surface area contributed by atoms with Crippen molar-refractivity contribution in [2.24, 2.45) is 0 Å². The van der Waals surface area contributed by atoms with Gasteiger partial charge in [-0.15, -0.1) is 0 Å². The van der Waals surface area contributed by atoms with Crippen LogP contribution in [0.1, 0.15) is 42.9 Å². The number of hydrogen-bond acceptors (Lipinski definition) is 3. The monoisotopic (exact) mass is 232 g/mol. The van der Waals surface area contributed by atoms with Gasteiger partial charge in [0.15, 0.2) is 5.69 Å². The van der Waals surface area contributed by atoms with Crippen LogP contribution < -0.4 is 0 Å². The third-order valence-corrected chi connectivity index (χ3v) is 2.60. The van der Waals surface area contributed by atoms with Crippen LogP contribution in [0.3, 0.4) is 0 Å². The summed E-state index contributed by atoms with van der Waals surface area (Å²) in [5, 5.41) is 0. The summed E-state index contributed by atoms with van der Waals surface area (Å²) in [5.41, 5.74) is 2.27. The van der Waals surface area contributed by atoms with Gasteiger partial charge in [-0.3, -0.25) is 0 Å². The van der Waals surface area contributed by atoms with Gasteiger partial charge in [0.2, 0.25) is 0 Å². The van der Waals surface area contributed by atoms with Crippen LogP contribution in [0, 0.1) is 0 Å². The maximum atomic E-state index is 11.6. The Bertz CT molecular complexity index is 543. The van der Waals surface area contributed by atoms with E-state index in [0.717, 1.165) is 11.3 Å². The first-order chi connectivity index (χ1) is 8.13. The van der Waals surface area contributed by atoms with Gasteiger partial charge < -0.3 is 9.14 Å². The number of hydrogen-bond donors (Lipinski definition) is 0. The number of esters is 1. The van der Waals surface area contributed by atoms with Crippen LogP contribution in [-0.4, -0.2) is 22.0 Å². The van der Waals surface area contributed by atoms with Crippen molar-refractivity contribution in [3.05, 3.63) is 35.8 Å². The number of carbonyl (C=O) groups excluding carboxylic acids is 1. The molecule has 0 amide bonds. The van der Waals surface area contributed by atoms with Crippen LogP contribution in [0.2, 0.25) is 0 Å². The summed E-state index contributed by atoms with van der Waals surface area (Å²) in [4.78, 5) is 15.9. The second kappa shape index (κ2) is 4.57. The lowest BCUT2D eigenvalue weighted by Gasteiger charge is -2.07. The number of fused-ring (bicyclic) bond motifs is 1. The standard InChI is InChI=1S/C13H16N2O2/c1-4-17-13(16)10-8-15-11(9(2)3)6-5-7-12(15)14-10/h5-9H,4H2,1-3H3. The topological polar surface area (TPSA) is 43.6 Å². The van der Waals surface area contributed by atoms with Crippen molar-refractivity contribution in [2.45, 2.75) is 26.7 Å². The molecule has 4 heteroatoms. The molecule has 0 aromatic carbocycles. The SMILES string of the molecule is CCOC(=O)c1cn2c(C(C)C)cccc2n1. The Morgan fingerprint density at radius 1 is 1.47 bits per heavy atom. The molecular weight excluding hydrogens is 216 g/mol. The highest BCUT2D eigenvalue weighted by Crippen LogP contribution is 2.17. The molecule has 2 heterocycles. The van der Waals surface area contributed by atoms with Crippen LogP contribution in [0.15, 0.2) is 24.4 Å². The molecule has 2 rings (SSSR count). The highest BCUT2D eigenvalue weighted by atomic mass is 16.5. The maximum absolute atomic E-state index is 11.6. The lowest BCUT2D eigenvalue weighted by atomic mass is 10.1. The summed E-state index contributed by atoms with van der Waals surface area (Å²) >= 11 is 0. The Kier molecular flexibility index (Phi) is 3.13. The number of ether oxygens (including phenoxy) is 1. The second-order valence-electron chi connectivity index (χ2n) is 4.18. The molecule has 2 aromatic rings. The minimum absolute atomic E-state index is 0.361. The third-order valence-electron chi connectivity index (χ3n) is 2.60. The van der Waals surface area contributed by atoms with Gasteiger partial charge in [-0.05, 0) is 25.0 Å². The molecule has 0 aliphatic carbocycles. The molecule has 17 heavy (non-hydrogen) atoms. The van der Waals surface area contributed by atoms with E-state index in [1.165, 1.54) is 0 Å². The first-order valence-electron chi connectivity index (χ1n) is 5.78. The zero-order valence-electron chi connectivity index (χ0n) is 10.3. The van der Waals surface area contributed by atoms with Gasteiger partial charge in [-0.1, -0.05) is 19.9 Å². The second-order valence-corrected chi connectivity index (χ2v) is 4.18. The Balaban J connectivity index is 2.50. The van der Waals surface area contributed by atoms with Crippen LogP contribution >= 0.6 is 0 Å². The van der Waals surface area contributed by atoms with Crippen molar-refractivity contribution in [1.29, 1.82) is 0 Å². The van der Waals surface area contributed by atoms with Crippen molar-refractivity contribution < 1.29 is 9.53 Å². The average molecular weight is 232 g/mol. The maximum Gasteiger partial charge on any atom is 0.358 e. The van der Waals surface area contributed by atoms with Crippen LogP contribution in [0.25, 0.3) is 5.65 Å². The lowest BCUT2D eigenvalue weighted by molar-refractivity contribution is 0.0520. The highest BCUT2D eigenvalue weighted by Gasteiger charge is 2.13. The smallest absolute Gasteiger partial charge is 0.358 e. The highest BCUT2D eigenvalue weighted by molar-refractivity contribution is 5.88. The van der Waals surface area contributed by atoms with Gasteiger partial charge in [0, 0.05) is 11.9 Å². The van der Waals surface area contributed by atoms with E-state index in [1.807, 2.05) is 22.6 Å². The number of pyridine rings is 1. The molecule has 0 unspecified atom stereocenters. The molecule has 0 aliphatic heterocycles. The molecule has 0 fully saturated rings. The summed E-state index contributed by atoms with van der Waals surface area (Å²) in [6.45, 7) is 6.37. The minimum atomic E-state index is -0.370. The fourth-order valence-corrected chi connectivity index (χ4v) is 1.81. The zero-order valence-corrected chi connectivity index (χ0v) is 10.3. The van der Waals surface area contributed by atoms with Crippen molar-refractivity contribution in [1.82, 2.24) is 9.38 Å². The van der Waals surface area contributed by atoms with Crippen molar-refractivity contribution in [2.75, 3.05) is 6.61 Å². The number of rotatable bonds is 3. The molecule has 0 saturated heterocycles. The average Bonchev–Trinajstić information content (AvgIpc) is 2.72. The third kappa shape index (κ3) is 2.16. The number of carbonyl (C=O) groups is 1. The van der Waals surface area contributed by atoms with E-state index >= 15 is 0 Å². The number of imidazole rings is 1. The van der Waals surface area contributed by atoms with Gasteiger partial charge in [0.1, 0.15) is 5.65 Å². The molecule has 0 bridgehead atoms. The minimum Gasteiger partial charge on any atom is -0.461 e. The first kappa shape index (κ1) is 11.6. The fraction of sp³-hybridized carbons (Fsp3) is 0.385. The van der Waals surface area contributed by atoms with E-state index < -0.39 is 0 Å². The number of nitrogens with zero attached hydrogens (tertiary/aromatic N) is 2. The van der Waals surface area contributed by atoms with E-state index in [4.69, 9.17) is 4.74 Å². The largest absolute Gasteiger partial charge is 0.461 e. The molecule has 2 aromatic heterocycles. The van der Waals surface area contributed by atoms with E-state index in [2.05, 4.69) is 18.8 Å². The molecule has 0 radical (unpaired) electrons. The summed E-state index contributed by atoms with van der Waals surface area (Å²) in [6, 6.07) is 5.87. The molecule has 0 spiro atoms. The lowest BCUT2D eigenvalue weighted by Crippen LogP contribution is -2.04. The van der Waals surface area contributed by atoms with Crippen LogP contribution in [0.4, 0.5) is 0 Å². The van der Waals surface area contributed by atoms with Crippen LogP contribution in [0.5, 0.6) is 0 Å². The van der Waals surface area contributed by atoms with Gasteiger partial charge in [0.05, 0.1) is 6.61 Å². The predicted molar refractivity (Wildman–Crippen MR) is 65.2 cm³/mol. The van der Waals surface area contributed by atoms with Crippen molar-refractivity contribution in [3.8, 4) is 0 Å². The Labute approximate surface area is 100 Å². The molecule has 4 nitrogen and oxygen atoms in total. The molecule has 90 valence electrons. The molecule has 0 N–H and O–H groups in total. The Morgan fingerprint density at radius 2 is 2.24 bits per heavy atom. The number of aromatic nitrogens is 2. The Hall–Kier alpha value is -1.84. The predicted octanol–water partition coefficient (Wildman–Crippen LogP) is 2.63. The van der Waals surface area contributed by atoms with Crippen molar-refractivity contribution in [3.63, 3.8) is 0 Å². The first-order valence-corrected chi connectivity index (χ1v) is 5.78. The molecule has 0 aliphatic rings. The van der Waals surface area contributed by atoms with E-state index in [1.54, 1.807) is 13.1 Å². The summed E-state index contributed by atoms with van der Waals surface area (Å²) < 4.78 is 6.88. The zero-order chi connectivity index (χ0) is 12.4. The van der Waals surface area contributed by atoms with E-state index in [9.17, 15) is 4.79 Å². The molecule has 0 atom stereocenters.